The van der Waals surface area contributed by atoms with Gasteiger partial charge < -0.3 is 25.3 Å². The van der Waals surface area contributed by atoms with Crippen molar-refractivity contribution in [3.05, 3.63) is 52.0 Å². The van der Waals surface area contributed by atoms with Crippen LogP contribution in [0.15, 0.2) is 45.9 Å². The van der Waals surface area contributed by atoms with Crippen molar-refractivity contribution in [3.8, 4) is 17.2 Å². The van der Waals surface area contributed by atoms with Gasteiger partial charge in [0.1, 0.15) is 5.75 Å². The highest BCUT2D eigenvalue weighted by Gasteiger charge is 2.07. The van der Waals surface area contributed by atoms with Crippen LogP contribution in [0.3, 0.4) is 0 Å². The van der Waals surface area contributed by atoms with Crippen LogP contribution >= 0.6 is 39.9 Å². The predicted molar refractivity (Wildman–Crippen MR) is 123 cm³/mol. The minimum Gasteiger partial charge on any atom is -0.495 e. The Balaban J connectivity index is 0.00000364. The van der Waals surface area contributed by atoms with E-state index in [4.69, 9.17) is 19.9 Å². The lowest BCUT2D eigenvalue weighted by atomic mass is 10.1. The van der Waals surface area contributed by atoms with Crippen LogP contribution in [-0.2, 0) is 13.0 Å². The molecule has 0 saturated heterocycles. The summed E-state index contributed by atoms with van der Waals surface area (Å²) in [6.45, 7) is 1.12. The number of para-hydroxylation sites is 1. The second kappa shape index (κ2) is 11.9. The zero-order valence-electron chi connectivity index (χ0n) is 15.6. The van der Waals surface area contributed by atoms with Crippen LogP contribution in [0.25, 0.3) is 0 Å². The number of benzene rings is 2. The minimum absolute atomic E-state index is 0. The normalized spacial score (nSPS) is 10.7. The fourth-order valence-corrected chi connectivity index (χ4v) is 3.08. The molecule has 6 nitrogen and oxygen atoms in total. The molecule has 148 valence electrons. The summed E-state index contributed by atoms with van der Waals surface area (Å²) in [5, 5.41) is 3.12. The Morgan fingerprint density at radius 3 is 2.48 bits per heavy atom. The zero-order chi connectivity index (χ0) is 18.9. The average molecular weight is 550 g/mol. The van der Waals surface area contributed by atoms with E-state index in [0.29, 0.717) is 30.5 Å². The van der Waals surface area contributed by atoms with Gasteiger partial charge in [0, 0.05) is 6.54 Å². The molecule has 0 amide bonds. The Labute approximate surface area is 185 Å². The first-order chi connectivity index (χ1) is 12.6. The first-order valence-corrected chi connectivity index (χ1v) is 8.94. The molecular formula is C19H25BrIN3O3. The van der Waals surface area contributed by atoms with Crippen molar-refractivity contribution in [2.75, 3.05) is 27.9 Å². The zero-order valence-corrected chi connectivity index (χ0v) is 19.5. The fourth-order valence-electron chi connectivity index (χ4n) is 2.52. The molecule has 0 aliphatic carbocycles. The number of nitrogens with one attached hydrogen (secondary N) is 1. The second-order valence-electron chi connectivity index (χ2n) is 5.50. The summed E-state index contributed by atoms with van der Waals surface area (Å²) in [7, 11) is 4.88. The molecule has 0 aliphatic heterocycles. The summed E-state index contributed by atoms with van der Waals surface area (Å²) >= 11 is 3.49. The maximum absolute atomic E-state index is 5.96. The fraction of sp³-hybridized carbons (Fsp3) is 0.316. The number of aliphatic imine (C=N–C) groups is 1. The number of methoxy groups -OCH3 is 3. The molecule has 0 fully saturated rings. The number of nitrogens with zero attached hydrogens (tertiary/aromatic N) is 1. The third-order valence-electron chi connectivity index (χ3n) is 3.83. The third kappa shape index (κ3) is 6.76. The summed E-state index contributed by atoms with van der Waals surface area (Å²) in [4.78, 5) is 4.36. The Hall–Kier alpha value is -1.68. The van der Waals surface area contributed by atoms with Crippen molar-refractivity contribution >= 4 is 45.9 Å². The highest BCUT2D eigenvalue weighted by Crippen LogP contribution is 2.29. The average Bonchev–Trinajstić information content (AvgIpc) is 2.66. The lowest BCUT2D eigenvalue weighted by Gasteiger charge is -2.11. The van der Waals surface area contributed by atoms with Crippen molar-refractivity contribution in [2.45, 2.75) is 13.0 Å². The van der Waals surface area contributed by atoms with E-state index in [1.54, 1.807) is 21.3 Å². The summed E-state index contributed by atoms with van der Waals surface area (Å²) in [5.41, 5.74) is 8.04. The lowest BCUT2D eigenvalue weighted by Crippen LogP contribution is -2.33. The number of halogens is 2. The number of nitrogens with two attached hydrogens (primary N) is 1. The lowest BCUT2D eigenvalue weighted by molar-refractivity contribution is 0.354. The van der Waals surface area contributed by atoms with Gasteiger partial charge in [0.15, 0.2) is 17.5 Å². The third-order valence-corrected chi connectivity index (χ3v) is 4.46. The number of rotatable bonds is 8. The molecule has 0 saturated carbocycles. The van der Waals surface area contributed by atoms with Gasteiger partial charge in [-0.15, -0.1) is 24.0 Å². The number of guanidine groups is 1. The maximum atomic E-state index is 5.96. The molecule has 27 heavy (non-hydrogen) atoms. The Kier molecular flexibility index (Phi) is 10.3. The minimum atomic E-state index is 0. The first-order valence-electron chi connectivity index (χ1n) is 8.15. The van der Waals surface area contributed by atoms with Crippen molar-refractivity contribution < 1.29 is 14.2 Å². The van der Waals surface area contributed by atoms with E-state index in [-0.39, 0.29) is 24.0 Å². The Morgan fingerprint density at radius 1 is 1.07 bits per heavy atom. The van der Waals surface area contributed by atoms with Crippen LogP contribution in [0, 0.1) is 0 Å². The van der Waals surface area contributed by atoms with Gasteiger partial charge in [-0.05, 0) is 51.7 Å². The molecule has 0 unspecified atom stereocenters. The molecule has 0 aliphatic rings. The van der Waals surface area contributed by atoms with Gasteiger partial charge in [-0.3, -0.25) is 0 Å². The van der Waals surface area contributed by atoms with Crippen LogP contribution in [0.2, 0.25) is 0 Å². The van der Waals surface area contributed by atoms with Gasteiger partial charge >= 0.3 is 0 Å². The molecule has 0 aromatic heterocycles. The second-order valence-corrected chi connectivity index (χ2v) is 6.35. The van der Waals surface area contributed by atoms with Gasteiger partial charge in [-0.25, -0.2) is 4.99 Å². The van der Waals surface area contributed by atoms with E-state index in [1.165, 1.54) is 0 Å². The topological polar surface area (TPSA) is 78.1 Å². The molecule has 2 rings (SSSR count). The molecule has 8 heteroatoms. The highest BCUT2D eigenvalue weighted by molar-refractivity contribution is 14.0. The molecule has 3 N–H and O–H groups in total. The van der Waals surface area contributed by atoms with E-state index in [1.807, 2.05) is 36.4 Å². The van der Waals surface area contributed by atoms with Crippen molar-refractivity contribution in [3.63, 3.8) is 0 Å². The van der Waals surface area contributed by atoms with Crippen LogP contribution in [0.1, 0.15) is 11.1 Å². The van der Waals surface area contributed by atoms with Crippen LogP contribution in [0.5, 0.6) is 17.2 Å². The van der Waals surface area contributed by atoms with Gasteiger partial charge in [-0.2, -0.15) is 0 Å². The monoisotopic (exact) mass is 549 g/mol. The van der Waals surface area contributed by atoms with Gasteiger partial charge in [0.25, 0.3) is 0 Å². The van der Waals surface area contributed by atoms with E-state index in [0.717, 1.165) is 27.8 Å². The molecule has 0 atom stereocenters. The highest BCUT2D eigenvalue weighted by atomic mass is 127. The quantitative estimate of drug-likeness (QED) is 0.298. The van der Waals surface area contributed by atoms with Crippen LogP contribution in [-0.4, -0.2) is 33.8 Å². The molecule has 0 bridgehead atoms. The van der Waals surface area contributed by atoms with Crippen molar-refractivity contribution in [1.82, 2.24) is 5.32 Å². The van der Waals surface area contributed by atoms with Crippen molar-refractivity contribution in [1.29, 1.82) is 0 Å². The molecule has 0 radical (unpaired) electrons. The van der Waals surface area contributed by atoms with Crippen LogP contribution in [0.4, 0.5) is 0 Å². The first kappa shape index (κ1) is 23.4. The smallest absolute Gasteiger partial charge is 0.188 e. The standard InChI is InChI=1S/C19H24BrN3O3.HI/c1-24-16-8-7-13(11-17(16)25-2)12-23-19(21)22-10-9-14-5-4-6-15(20)18(14)26-3;/h4-8,11H,9-10,12H2,1-3H3,(H3,21,22,23);1H. The predicted octanol–water partition coefficient (Wildman–Crippen LogP) is 3.74. The number of ether oxygens (including phenoxy) is 3. The summed E-state index contributed by atoms with van der Waals surface area (Å²) < 4.78 is 16.9. The maximum Gasteiger partial charge on any atom is 0.188 e. The summed E-state index contributed by atoms with van der Waals surface area (Å²) in [5.74, 6) is 2.60. The molecule has 0 spiro atoms. The van der Waals surface area contributed by atoms with Crippen LogP contribution < -0.4 is 25.3 Å². The van der Waals surface area contributed by atoms with E-state index >= 15 is 0 Å². The van der Waals surface area contributed by atoms with Gasteiger partial charge in [0.05, 0.1) is 32.3 Å². The number of hydrogen-bond acceptors (Lipinski definition) is 4. The van der Waals surface area contributed by atoms with E-state index in [9.17, 15) is 0 Å². The van der Waals surface area contributed by atoms with Gasteiger partial charge in [0.2, 0.25) is 0 Å². The largest absolute Gasteiger partial charge is 0.495 e. The Bertz CT molecular complexity index is 772. The SMILES string of the molecule is COc1ccc(CN=C(N)NCCc2cccc(Br)c2OC)cc1OC.I. The van der Waals surface area contributed by atoms with Crippen molar-refractivity contribution in [2.24, 2.45) is 10.7 Å². The molecule has 0 heterocycles. The Morgan fingerprint density at radius 2 is 1.81 bits per heavy atom. The summed E-state index contributed by atoms with van der Waals surface area (Å²) in [6, 6.07) is 11.6. The van der Waals surface area contributed by atoms with Gasteiger partial charge in [-0.1, -0.05) is 18.2 Å². The van der Waals surface area contributed by atoms with E-state index < -0.39 is 0 Å². The number of hydrogen-bond donors (Lipinski definition) is 2. The molecule has 2 aromatic carbocycles. The molecule has 2 aromatic rings. The van der Waals surface area contributed by atoms with E-state index in [2.05, 4.69) is 26.2 Å². The molecular weight excluding hydrogens is 525 g/mol. The summed E-state index contributed by atoms with van der Waals surface area (Å²) in [6.07, 6.45) is 0.773.